The van der Waals surface area contributed by atoms with Gasteiger partial charge >= 0.3 is 0 Å². The van der Waals surface area contributed by atoms with Crippen molar-refractivity contribution < 1.29 is 14.0 Å². The van der Waals surface area contributed by atoms with E-state index in [2.05, 4.69) is 16.0 Å². The molecule has 3 N–H and O–H groups in total. The van der Waals surface area contributed by atoms with Gasteiger partial charge in [-0.15, -0.1) is 0 Å². The number of rotatable bonds is 5. The number of nitrogens with two attached hydrogens (primary N) is 1. The number of primary amides is 1. The molecule has 0 saturated carbocycles. The Morgan fingerprint density at radius 3 is 2.56 bits per heavy atom. The van der Waals surface area contributed by atoms with Crippen molar-refractivity contribution in [1.82, 2.24) is 4.57 Å². The highest BCUT2D eigenvalue weighted by molar-refractivity contribution is 6.18. The second-order valence-corrected chi connectivity index (χ2v) is 7.70. The first kappa shape index (κ1) is 19.6. The molecule has 32 heavy (non-hydrogen) atoms. The van der Waals surface area contributed by atoms with Crippen molar-refractivity contribution in [3.8, 4) is 11.3 Å². The highest BCUT2D eigenvalue weighted by atomic mass is 16.3. The summed E-state index contributed by atoms with van der Waals surface area (Å²) in [5.41, 5.74) is 10.7. The number of nitrogens with one attached hydrogen (secondary N) is 1. The van der Waals surface area contributed by atoms with E-state index >= 15 is 0 Å². The Labute approximate surface area is 184 Å². The van der Waals surface area contributed by atoms with Crippen molar-refractivity contribution in [1.29, 1.82) is 0 Å². The van der Waals surface area contributed by atoms with E-state index in [1.54, 1.807) is 12.3 Å². The average molecular weight is 423 g/mol. The Kier molecular flexibility index (Phi) is 4.75. The van der Waals surface area contributed by atoms with Gasteiger partial charge in [0, 0.05) is 34.5 Å². The van der Waals surface area contributed by atoms with Crippen LogP contribution in [0.15, 0.2) is 83.5 Å². The first-order chi connectivity index (χ1) is 15.5. The van der Waals surface area contributed by atoms with Crippen LogP contribution in [0.3, 0.4) is 0 Å². The fourth-order valence-corrected chi connectivity index (χ4v) is 4.26. The molecule has 2 amide bonds. The number of hydrogen-bond donors (Lipinski definition) is 2. The molecule has 0 aliphatic rings. The number of para-hydroxylation sites is 1. The third-order valence-electron chi connectivity index (χ3n) is 5.62. The lowest BCUT2D eigenvalue weighted by molar-refractivity contribution is -0.114. The average Bonchev–Trinajstić information content (AvgIpc) is 3.41. The summed E-state index contributed by atoms with van der Waals surface area (Å²) in [4.78, 5) is 23.9. The molecular weight excluding hydrogens is 402 g/mol. The van der Waals surface area contributed by atoms with Crippen molar-refractivity contribution >= 4 is 39.3 Å². The molecule has 0 bridgehead atoms. The van der Waals surface area contributed by atoms with E-state index in [4.69, 9.17) is 10.2 Å². The van der Waals surface area contributed by atoms with Crippen molar-refractivity contribution in [2.45, 2.75) is 13.5 Å². The van der Waals surface area contributed by atoms with E-state index < -0.39 is 5.91 Å². The summed E-state index contributed by atoms with van der Waals surface area (Å²) < 4.78 is 7.74. The maximum atomic E-state index is 12.2. The van der Waals surface area contributed by atoms with E-state index in [-0.39, 0.29) is 5.91 Å². The zero-order valence-corrected chi connectivity index (χ0v) is 17.5. The van der Waals surface area contributed by atoms with Crippen molar-refractivity contribution in [2.75, 3.05) is 5.32 Å². The fourth-order valence-electron chi connectivity index (χ4n) is 4.26. The van der Waals surface area contributed by atoms with Gasteiger partial charge in [0.05, 0.1) is 23.8 Å². The van der Waals surface area contributed by atoms with Gasteiger partial charge in [0.15, 0.2) is 0 Å². The molecule has 0 saturated heterocycles. The molecule has 0 aliphatic heterocycles. The highest BCUT2D eigenvalue weighted by Gasteiger charge is 2.18. The topological polar surface area (TPSA) is 90.3 Å². The van der Waals surface area contributed by atoms with Crippen LogP contribution in [-0.4, -0.2) is 16.4 Å². The van der Waals surface area contributed by atoms with Gasteiger partial charge in [-0.05, 0) is 42.0 Å². The highest BCUT2D eigenvalue weighted by Crippen LogP contribution is 2.35. The predicted octanol–water partition coefficient (Wildman–Crippen LogP) is 5.16. The molecule has 6 heteroatoms. The lowest BCUT2D eigenvalue weighted by atomic mass is 10.0. The summed E-state index contributed by atoms with van der Waals surface area (Å²) in [5.74, 6) is 0.164. The number of aromatic nitrogens is 1. The Morgan fingerprint density at radius 2 is 1.81 bits per heavy atom. The number of fused-ring (bicyclic) bond motifs is 3. The van der Waals surface area contributed by atoms with Gasteiger partial charge in [0.1, 0.15) is 5.76 Å². The smallest absolute Gasteiger partial charge is 0.249 e. The Balaban J connectivity index is 1.78. The van der Waals surface area contributed by atoms with Crippen molar-refractivity contribution in [2.24, 2.45) is 5.73 Å². The number of benzene rings is 3. The van der Waals surface area contributed by atoms with E-state index in [0.717, 1.165) is 44.4 Å². The van der Waals surface area contributed by atoms with Crippen LogP contribution in [0.4, 0.5) is 5.69 Å². The zero-order valence-electron chi connectivity index (χ0n) is 17.5. The van der Waals surface area contributed by atoms with Crippen LogP contribution in [0.2, 0.25) is 0 Å². The molecule has 0 fully saturated rings. The zero-order chi connectivity index (χ0) is 22.2. The van der Waals surface area contributed by atoms with Gasteiger partial charge in [0.25, 0.3) is 0 Å². The van der Waals surface area contributed by atoms with Crippen LogP contribution >= 0.6 is 0 Å². The van der Waals surface area contributed by atoms with E-state index in [9.17, 15) is 9.59 Å². The number of furan rings is 1. The molecule has 0 radical (unpaired) electrons. The summed E-state index contributed by atoms with van der Waals surface area (Å²) in [6.45, 7) is 1.99. The number of carbonyl (C=O) groups excluding carboxylic acids is 2. The first-order valence-electron chi connectivity index (χ1n) is 10.3. The monoisotopic (exact) mass is 423 g/mol. The molecule has 5 aromatic rings. The fraction of sp³-hybridized carbons (Fsp3) is 0.0769. The number of carbonyl (C=O) groups is 2. The minimum absolute atomic E-state index is 0.129. The Hall–Kier alpha value is -4.32. The molecule has 0 unspecified atom stereocenters. The molecule has 2 aromatic heterocycles. The first-order valence-corrected chi connectivity index (χ1v) is 10.3. The molecule has 2 heterocycles. The standard InChI is InChI=1S/C26H21N3O3/c1-16(30)28-21-8-3-2-6-18(21)15-29-22-9-4-7-20(26(27)31)25(22)19-12-11-17(14-23(19)29)24-10-5-13-32-24/h2-14H,15H2,1H3,(H2,27,31)(H,28,30). The molecule has 3 aromatic carbocycles. The molecule has 0 atom stereocenters. The summed E-state index contributed by atoms with van der Waals surface area (Å²) in [7, 11) is 0. The van der Waals surface area contributed by atoms with Crippen LogP contribution in [0.1, 0.15) is 22.8 Å². The van der Waals surface area contributed by atoms with Crippen LogP contribution in [0, 0.1) is 0 Å². The molecule has 5 rings (SSSR count). The summed E-state index contributed by atoms with van der Waals surface area (Å²) in [6, 6.07) is 23.1. The molecule has 0 aliphatic carbocycles. The van der Waals surface area contributed by atoms with Gasteiger partial charge in [-0.1, -0.05) is 36.4 Å². The van der Waals surface area contributed by atoms with Crippen molar-refractivity contribution in [3.63, 3.8) is 0 Å². The van der Waals surface area contributed by atoms with Gasteiger partial charge < -0.3 is 20.0 Å². The van der Waals surface area contributed by atoms with Gasteiger partial charge in [-0.2, -0.15) is 0 Å². The number of nitrogens with zero attached hydrogens (tertiary/aromatic N) is 1. The molecule has 158 valence electrons. The second-order valence-electron chi connectivity index (χ2n) is 7.70. The largest absolute Gasteiger partial charge is 0.464 e. The van der Waals surface area contributed by atoms with Crippen LogP contribution in [0.5, 0.6) is 0 Å². The summed E-state index contributed by atoms with van der Waals surface area (Å²) in [6.07, 6.45) is 1.64. The third kappa shape index (κ3) is 3.32. The summed E-state index contributed by atoms with van der Waals surface area (Å²) >= 11 is 0. The lowest BCUT2D eigenvalue weighted by Gasteiger charge is -2.13. The quantitative estimate of drug-likeness (QED) is 0.409. The van der Waals surface area contributed by atoms with Crippen LogP contribution in [-0.2, 0) is 11.3 Å². The Bertz CT molecular complexity index is 1480. The van der Waals surface area contributed by atoms with Gasteiger partial charge in [-0.3, -0.25) is 9.59 Å². The lowest BCUT2D eigenvalue weighted by Crippen LogP contribution is -2.11. The summed E-state index contributed by atoms with van der Waals surface area (Å²) in [5, 5.41) is 4.65. The minimum atomic E-state index is -0.469. The Morgan fingerprint density at radius 1 is 0.969 bits per heavy atom. The van der Waals surface area contributed by atoms with Crippen molar-refractivity contribution in [3.05, 3.63) is 90.2 Å². The van der Waals surface area contributed by atoms with Crippen LogP contribution in [0.25, 0.3) is 33.1 Å². The maximum absolute atomic E-state index is 12.2. The number of amides is 2. The maximum Gasteiger partial charge on any atom is 0.249 e. The minimum Gasteiger partial charge on any atom is -0.464 e. The third-order valence-corrected chi connectivity index (χ3v) is 5.62. The molecule has 6 nitrogen and oxygen atoms in total. The number of anilines is 1. The van der Waals surface area contributed by atoms with Gasteiger partial charge in [-0.25, -0.2) is 0 Å². The molecule has 0 spiro atoms. The van der Waals surface area contributed by atoms with Crippen LogP contribution < -0.4 is 11.1 Å². The second kappa shape index (κ2) is 7.74. The van der Waals surface area contributed by atoms with E-state index in [1.165, 1.54) is 6.92 Å². The van der Waals surface area contributed by atoms with Gasteiger partial charge in [0.2, 0.25) is 11.8 Å². The normalized spacial score (nSPS) is 11.2. The van der Waals surface area contributed by atoms with E-state index in [1.807, 2.05) is 60.7 Å². The predicted molar refractivity (Wildman–Crippen MR) is 126 cm³/mol. The molecular formula is C26H21N3O3. The van der Waals surface area contributed by atoms with E-state index in [0.29, 0.717) is 12.1 Å². The number of hydrogen-bond acceptors (Lipinski definition) is 3. The SMILES string of the molecule is CC(=O)Nc1ccccc1Cn1c2cc(-c3ccco3)ccc2c2c(C(N)=O)cccc21.